The summed E-state index contributed by atoms with van der Waals surface area (Å²) in [7, 11) is 0. The summed E-state index contributed by atoms with van der Waals surface area (Å²) in [5.74, 6) is -1.12. The Morgan fingerprint density at radius 1 is 1.29 bits per heavy atom. The fraction of sp³-hybridized carbons (Fsp3) is 0.375. The second-order valence-corrected chi connectivity index (χ2v) is 5.69. The van der Waals surface area contributed by atoms with Crippen LogP contribution >= 0.6 is 0 Å². The van der Waals surface area contributed by atoms with E-state index < -0.39 is 11.8 Å². The molecule has 4 amide bonds. The number of hydrogen-bond donors (Lipinski definition) is 4. The molecule has 1 aliphatic rings. The summed E-state index contributed by atoms with van der Waals surface area (Å²) in [6, 6.07) is 6.40. The van der Waals surface area contributed by atoms with Crippen molar-refractivity contribution in [3.63, 3.8) is 0 Å². The highest BCUT2D eigenvalue weighted by molar-refractivity contribution is 5.98. The van der Waals surface area contributed by atoms with Crippen molar-refractivity contribution in [3.8, 4) is 0 Å². The first-order valence-electron chi connectivity index (χ1n) is 7.67. The van der Waals surface area contributed by atoms with Crippen LogP contribution in [0.5, 0.6) is 0 Å². The van der Waals surface area contributed by atoms with Gasteiger partial charge in [0, 0.05) is 30.6 Å². The molecule has 0 aliphatic carbocycles. The van der Waals surface area contributed by atoms with Gasteiger partial charge in [0.05, 0.1) is 6.54 Å². The molecule has 8 nitrogen and oxygen atoms in total. The third kappa shape index (κ3) is 5.38. The number of primary amides is 1. The van der Waals surface area contributed by atoms with Crippen LogP contribution in [-0.4, -0.2) is 36.7 Å². The van der Waals surface area contributed by atoms with Crippen molar-refractivity contribution < 1.29 is 19.2 Å². The SMILES string of the molecule is NC(=O)CNC(=O)c1cccc(NC(=O)CC2CCC(=O)NC2)c1. The molecule has 2 rings (SSSR count). The molecule has 0 spiro atoms. The van der Waals surface area contributed by atoms with Crippen LogP contribution in [0.25, 0.3) is 0 Å². The van der Waals surface area contributed by atoms with E-state index in [1.807, 2.05) is 0 Å². The van der Waals surface area contributed by atoms with Gasteiger partial charge in [-0.15, -0.1) is 0 Å². The fourth-order valence-electron chi connectivity index (χ4n) is 2.44. The van der Waals surface area contributed by atoms with Gasteiger partial charge >= 0.3 is 0 Å². The Bertz CT molecular complexity index is 649. The van der Waals surface area contributed by atoms with Crippen LogP contribution in [0.15, 0.2) is 24.3 Å². The highest BCUT2D eigenvalue weighted by Gasteiger charge is 2.20. The normalized spacial score (nSPS) is 16.8. The zero-order chi connectivity index (χ0) is 17.5. The quantitative estimate of drug-likeness (QED) is 0.572. The molecular weight excluding hydrogens is 312 g/mol. The Morgan fingerprint density at radius 3 is 2.75 bits per heavy atom. The van der Waals surface area contributed by atoms with Gasteiger partial charge in [-0.1, -0.05) is 6.07 Å². The molecule has 8 heteroatoms. The van der Waals surface area contributed by atoms with Gasteiger partial charge in [-0.25, -0.2) is 0 Å². The lowest BCUT2D eigenvalue weighted by atomic mass is 9.95. The second kappa shape index (κ2) is 8.09. The number of benzene rings is 1. The van der Waals surface area contributed by atoms with E-state index in [4.69, 9.17) is 5.73 Å². The number of nitrogens with one attached hydrogen (secondary N) is 3. The molecule has 5 N–H and O–H groups in total. The minimum Gasteiger partial charge on any atom is -0.368 e. The van der Waals surface area contributed by atoms with Gasteiger partial charge in [0.1, 0.15) is 0 Å². The lowest BCUT2D eigenvalue weighted by Gasteiger charge is -2.21. The van der Waals surface area contributed by atoms with Crippen molar-refractivity contribution in [1.29, 1.82) is 0 Å². The Morgan fingerprint density at radius 2 is 2.08 bits per heavy atom. The summed E-state index contributed by atoms with van der Waals surface area (Å²) in [5, 5.41) is 7.86. The second-order valence-electron chi connectivity index (χ2n) is 5.69. The molecular formula is C16H20N4O4. The largest absolute Gasteiger partial charge is 0.368 e. The molecule has 1 saturated heterocycles. The molecule has 1 heterocycles. The number of nitrogens with two attached hydrogens (primary N) is 1. The maximum Gasteiger partial charge on any atom is 0.251 e. The number of carbonyl (C=O) groups is 4. The molecule has 1 fully saturated rings. The number of amides is 4. The van der Waals surface area contributed by atoms with Crippen molar-refractivity contribution in [2.45, 2.75) is 19.3 Å². The zero-order valence-electron chi connectivity index (χ0n) is 13.1. The van der Waals surface area contributed by atoms with Crippen molar-refractivity contribution in [1.82, 2.24) is 10.6 Å². The lowest BCUT2D eigenvalue weighted by Crippen LogP contribution is -2.36. The van der Waals surface area contributed by atoms with Gasteiger partial charge in [-0.3, -0.25) is 19.2 Å². The zero-order valence-corrected chi connectivity index (χ0v) is 13.1. The first kappa shape index (κ1) is 17.5. The van der Waals surface area contributed by atoms with E-state index in [0.717, 1.165) is 0 Å². The van der Waals surface area contributed by atoms with E-state index >= 15 is 0 Å². The number of piperidine rings is 1. The van der Waals surface area contributed by atoms with Crippen LogP contribution in [0.4, 0.5) is 5.69 Å². The van der Waals surface area contributed by atoms with Crippen molar-refractivity contribution >= 4 is 29.3 Å². The minimum atomic E-state index is -0.632. The van der Waals surface area contributed by atoms with Gasteiger partial charge in [-0.05, 0) is 30.5 Å². The summed E-state index contributed by atoms with van der Waals surface area (Å²) in [4.78, 5) is 45.7. The summed E-state index contributed by atoms with van der Waals surface area (Å²) < 4.78 is 0. The summed E-state index contributed by atoms with van der Waals surface area (Å²) in [5.41, 5.74) is 5.79. The Balaban J connectivity index is 1.89. The average Bonchev–Trinajstić information content (AvgIpc) is 2.55. The van der Waals surface area contributed by atoms with Gasteiger partial charge in [0.25, 0.3) is 5.91 Å². The minimum absolute atomic E-state index is 0.0151. The monoisotopic (exact) mass is 332 g/mol. The first-order valence-corrected chi connectivity index (χ1v) is 7.67. The highest BCUT2D eigenvalue weighted by atomic mass is 16.2. The molecule has 0 bridgehead atoms. The molecule has 1 aromatic rings. The maximum atomic E-state index is 12.1. The number of carbonyl (C=O) groups excluding carboxylic acids is 4. The Hall–Kier alpha value is -2.90. The van der Waals surface area contributed by atoms with E-state index in [-0.39, 0.29) is 24.3 Å². The van der Waals surface area contributed by atoms with Crippen LogP contribution in [0.1, 0.15) is 29.6 Å². The third-order valence-corrected chi connectivity index (χ3v) is 3.67. The number of anilines is 1. The molecule has 0 radical (unpaired) electrons. The topological polar surface area (TPSA) is 130 Å². The molecule has 1 unspecified atom stereocenters. The van der Waals surface area contributed by atoms with Crippen molar-refractivity contribution in [2.24, 2.45) is 11.7 Å². The standard InChI is InChI=1S/C16H20N4O4/c17-13(21)9-19-16(24)11-2-1-3-12(7-11)20-15(23)6-10-4-5-14(22)18-8-10/h1-3,7,10H,4-6,8-9H2,(H2,17,21)(H,18,22)(H,19,24)(H,20,23). The molecule has 1 aliphatic heterocycles. The smallest absolute Gasteiger partial charge is 0.251 e. The Kier molecular flexibility index (Phi) is 5.89. The average molecular weight is 332 g/mol. The number of rotatable bonds is 6. The summed E-state index contributed by atoms with van der Waals surface area (Å²) in [6.07, 6.45) is 1.43. The number of hydrogen-bond acceptors (Lipinski definition) is 4. The highest BCUT2D eigenvalue weighted by Crippen LogP contribution is 2.17. The molecule has 0 saturated carbocycles. The van der Waals surface area contributed by atoms with Gasteiger partial charge in [0.15, 0.2) is 0 Å². The lowest BCUT2D eigenvalue weighted by molar-refractivity contribution is -0.124. The Labute approximate surface area is 139 Å². The van der Waals surface area contributed by atoms with Gasteiger partial charge in [0.2, 0.25) is 17.7 Å². The van der Waals surface area contributed by atoms with Crippen molar-refractivity contribution in [2.75, 3.05) is 18.4 Å². The van der Waals surface area contributed by atoms with E-state index in [0.29, 0.717) is 37.1 Å². The molecule has 1 atom stereocenters. The fourth-order valence-corrected chi connectivity index (χ4v) is 2.44. The first-order chi connectivity index (χ1) is 11.4. The van der Waals surface area contributed by atoms with E-state index in [1.54, 1.807) is 18.2 Å². The predicted molar refractivity (Wildman–Crippen MR) is 87.0 cm³/mol. The van der Waals surface area contributed by atoms with Gasteiger partial charge < -0.3 is 21.7 Å². The van der Waals surface area contributed by atoms with Gasteiger partial charge in [-0.2, -0.15) is 0 Å². The van der Waals surface area contributed by atoms with Crippen LogP contribution < -0.4 is 21.7 Å². The van der Waals surface area contributed by atoms with Crippen LogP contribution in [-0.2, 0) is 14.4 Å². The van der Waals surface area contributed by atoms with Crippen molar-refractivity contribution in [3.05, 3.63) is 29.8 Å². The maximum absolute atomic E-state index is 12.1. The van der Waals surface area contributed by atoms with E-state index in [9.17, 15) is 19.2 Å². The summed E-state index contributed by atoms with van der Waals surface area (Å²) in [6.45, 7) is 0.255. The van der Waals surface area contributed by atoms with E-state index in [2.05, 4.69) is 16.0 Å². The van der Waals surface area contributed by atoms with Crippen LogP contribution in [0, 0.1) is 5.92 Å². The van der Waals surface area contributed by atoms with Crippen LogP contribution in [0.3, 0.4) is 0 Å². The molecule has 128 valence electrons. The van der Waals surface area contributed by atoms with E-state index in [1.165, 1.54) is 6.07 Å². The molecule has 24 heavy (non-hydrogen) atoms. The van der Waals surface area contributed by atoms with Crippen LogP contribution in [0.2, 0.25) is 0 Å². The summed E-state index contributed by atoms with van der Waals surface area (Å²) >= 11 is 0. The molecule has 1 aromatic carbocycles. The predicted octanol–water partition coefficient (Wildman–Crippen LogP) is -0.244. The third-order valence-electron chi connectivity index (χ3n) is 3.67. The molecule has 0 aromatic heterocycles.